The van der Waals surface area contributed by atoms with Crippen molar-refractivity contribution in [2.24, 2.45) is 0 Å². The van der Waals surface area contributed by atoms with Crippen molar-refractivity contribution in [1.82, 2.24) is 4.90 Å². The normalized spacial score (nSPS) is 15.6. The van der Waals surface area contributed by atoms with Crippen molar-refractivity contribution in [2.75, 3.05) is 31.6 Å². The van der Waals surface area contributed by atoms with Crippen LogP contribution in [0.3, 0.4) is 0 Å². The molecule has 1 saturated heterocycles. The van der Waals surface area contributed by atoms with Gasteiger partial charge in [-0.25, -0.2) is 0 Å². The minimum atomic E-state index is -0.265. The average molecular weight is 336 g/mol. The lowest BCUT2D eigenvalue weighted by molar-refractivity contribution is -0.130. The molecule has 6 heteroatoms. The fraction of sp³-hybridized carbons (Fsp3) is 0.286. The van der Waals surface area contributed by atoms with Gasteiger partial charge in [-0.15, -0.1) is 0 Å². The molecule has 104 valence electrons. The molecule has 1 aromatic rings. The zero-order valence-electron chi connectivity index (χ0n) is 10.8. The topological polar surface area (TPSA) is 65.4 Å². The molecule has 2 rings (SSSR count). The van der Waals surface area contributed by atoms with Gasteiger partial charge in [-0.05, 0) is 18.2 Å². The second-order valence-electron chi connectivity index (χ2n) is 4.23. The zero-order chi connectivity index (χ0) is 14.4. The number of nitrogens with one attached hydrogen (secondary N) is 1. The number of hydrogen-bond acceptors (Lipinski definition) is 4. The van der Waals surface area contributed by atoms with E-state index in [1.165, 1.54) is 6.20 Å². The number of ether oxygens (including phenoxy) is 1. The lowest BCUT2D eigenvalue weighted by atomic mass is 10.2. The molecule has 0 unspecified atom stereocenters. The largest absolute Gasteiger partial charge is 0.378 e. The molecular formula is C14H14BrN3O2. The Labute approximate surface area is 126 Å². The minimum absolute atomic E-state index is 0.0897. The maximum Gasteiger partial charge on any atom is 0.266 e. The Kier molecular flexibility index (Phi) is 5.16. The van der Waals surface area contributed by atoms with Crippen LogP contribution in [0.5, 0.6) is 0 Å². The van der Waals surface area contributed by atoms with Crippen LogP contribution in [0.1, 0.15) is 0 Å². The predicted octanol–water partition coefficient (Wildman–Crippen LogP) is 2.13. The number of rotatable bonds is 3. The maximum absolute atomic E-state index is 12.1. The van der Waals surface area contributed by atoms with Crippen molar-refractivity contribution in [3.05, 3.63) is 40.5 Å². The number of nitriles is 1. The molecule has 0 bridgehead atoms. The van der Waals surface area contributed by atoms with E-state index < -0.39 is 0 Å². The van der Waals surface area contributed by atoms with E-state index in [4.69, 9.17) is 10.00 Å². The molecule has 1 aliphatic rings. The Morgan fingerprint density at radius 3 is 2.85 bits per heavy atom. The van der Waals surface area contributed by atoms with Crippen LogP contribution < -0.4 is 5.32 Å². The first-order valence-electron chi connectivity index (χ1n) is 6.20. The molecule has 1 aromatic carbocycles. The smallest absolute Gasteiger partial charge is 0.266 e. The molecule has 0 radical (unpaired) electrons. The molecule has 0 aliphatic carbocycles. The van der Waals surface area contributed by atoms with Crippen LogP contribution in [-0.2, 0) is 9.53 Å². The summed E-state index contributed by atoms with van der Waals surface area (Å²) in [7, 11) is 0. The Bertz CT molecular complexity index is 560. The van der Waals surface area contributed by atoms with E-state index in [0.29, 0.717) is 26.3 Å². The Hall–Kier alpha value is -1.84. The number of anilines is 1. The highest BCUT2D eigenvalue weighted by molar-refractivity contribution is 9.10. The number of carbonyl (C=O) groups is 1. The SMILES string of the molecule is N#C/C(=C/Nc1cccc(Br)c1)C(=O)N1CCOCC1. The van der Waals surface area contributed by atoms with E-state index in [1.807, 2.05) is 30.3 Å². The molecular weight excluding hydrogens is 322 g/mol. The molecule has 0 saturated carbocycles. The standard InChI is InChI=1S/C14H14BrN3O2/c15-12-2-1-3-13(8-12)17-10-11(9-16)14(19)18-4-6-20-7-5-18/h1-3,8,10,17H,4-7H2/b11-10-. The number of nitrogens with zero attached hydrogens (tertiary/aromatic N) is 2. The summed E-state index contributed by atoms with van der Waals surface area (Å²) in [5, 5.41) is 12.1. The molecule has 1 fully saturated rings. The van der Waals surface area contributed by atoms with Crippen LogP contribution in [-0.4, -0.2) is 37.1 Å². The summed E-state index contributed by atoms with van der Waals surface area (Å²) >= 11 is 3.36. The van der Waals surface area contributed by atoms with Crippen molar-refractivity contribution in [1.29, 1.82) is 5.26 Å². The molecule has 0 atom stereocenters. The van der Waals surface area contributed by atoms with Gasteiger partial charge in [-0.3, -0.25) is 4.79 Å². The van der Waals surface area contributed by atoms with Crippen LogP contribution in [0.25, 0.3) is 0 Å². The van der Waals surface area contributed by atoms with Gasteiger partial charge >= 0.3 is 0 Å². The molecule has 1 amide bonds. The van der Waals surface area contributed by atoms with E-state index in [-0.39, 0.29) is 11.5 Å². The number of morpholine rings is 1. The zero-order valence-corrected chi connectivity index (χ0v) is 12.4. The number of carbonyl (C=O) groups excluding carboxylic acids is 1. The summed E-state index contributed by atoms with van der Waals surface area (Å²) < 4.78 is 6.11. The van der Waals surface area contributed by atoms with Crippen molar-refractivity contribution >= 4 is 27.5 Å². The summed E-state index contributed by atoms with van der Waals surface area (Å²) in [5.41, 5.74) is 0.897. The van der Waals surface area contributed by atoms with Crippen LogP contribution in [0.4, 0.5) is 5.69 Å². The second-order valence-corrected chi connectivity index (χ2v) is 5.14. The molecule has 1 N–H and O–H groups in total. The maximum atomic E-state index is 12.1. The first kappa shape index (κ1) is 14.6. The molecule has 1 heterocycles. The summed E-state index contributed by atoms with van der Waals surface area (Å²) in [4.78, 5) is 13.8. The average Bonchev–Trinajstić information content (AvgIpc) is 2.48. The Morgan fingerprint density at radius 1 is 1.45 bits per heavy atom. The van der Waals surface area contributed by atoms with E-state index in [0.717, 1.165) is 10.2 Å². The van der Waals surface area contributed by atoms with E-state index in [1.54, 1.807) is 4.90 Å². The van der Waals surface area contributed by atoms with E-state index in [2.05, 4.69) is 21.2 Å². The molecule has 0 aromatic heterocycles. The predicted molar refractivity (Wildman–Crippen MR) is 78.9 cm³/mol. The lowest BCUT2D eigenvalue weighted by Crippen LogP contribution is -2.41. The van der Waals surface area contributed by atoms with Gasteiger partial charge in [0.2, 0.25) is 0 Å². The molecule has 20 heavy (non-hydrogen) atoms. The fourth-order valence-electron chi connectivity index (χ4n) is 1.81. The second kappa shape index (κ2) is 7.08. The van der Waals surface area contributed by atoms with E-state index in [9.17, 15) is 4.79 Å². The minimum Gasteiger partial charge on any atom is -0.378 e. The van der Waals surface area contributed by atoms with Crippen molar-refractivity contribution in [3.63, 3.8) is 0 Å². The Balaban J connectivity index is 2.05. The first-order chi connectivity index (χ1) is 9.70. The summed E-state index contributed by atoms with van der Waals surface area (Å²) in [5.74, 6) is -0.265. The van der Waals surface area contributed by atoms with Gasteiger partial charge in [0.05, 0.1) is 13.2 Å². The quantitative estimate of drug-likeness (QED) is 0.678. The lowest BCUT2D eigenvalue weighted by Gasteiger charge is -2.26. The van der Waals surface area contributed by atoms with Gasteiger partial charge in [0.1, 0.15) is 11.6 Å². The number of hydrogen-bond donors (Lipinski definition) is 1. The van der Waals surface area contributed by atoms with Crippen LogP contribution >= 0.6 is 15.9 Å². The van der Waals surface area contributed by atoms with Crippen molar-refractivity contribution in [2.45, 2.75) is 0 Å². The van der Waals surface area contributed by atoms with Gasteiger partial charge in [-0.2, -0.15) is 5.26 Å². The van der Waals surface area contributed by atoms with Crippen molar-refractivity contribution in [3.8, 4) is 6.07 Å². The fourth-order valence-corrected chi connectivity index (χ4v) is 2.21. The van der Waals surface area contributed by atoms with Gasteiger partial charge in [0, 0.05) is 29.4 Å². The highest BCUT2D eigenvalue weighted by atomic mass is 79.9. The van der Waals surface area contributed by atoms with Crippen LogP contribution in [0.15, 0.2) is 40.5 Å². The van der Waals surface area contributed by atoms with Gasteiger partial charge < -0.3 is 15.0 Å². The number of halogens is 1. The molecule has 5 nitrogen and oxygen atoms in total. The number of benzene rings is 1. The first-order valence-corrected chi connectivity index (χ1v) is 6.99. The van der Waals surface area contributed by atoms with Gasteiger partial charge in [-0.1, -0.05) is 22.0 Å². The Morgan fingerprint density at radius 2 is 2.20 bits per heavy atom. The van der Waals surface area contributed by atoms with Crippen LogP contribution in [0, 0.1) is 11.3 Å². The summed E-state index contributed by atoms with van der Waals surface area (Å²) in [6, 6.07) is 9.43. The van der Waals surface area contributed by atoms with Gasteiger partial charge in [0.25, 0.3) is 5.91 Å². The summed E-state index contributed by atoms with van der Waals surface area (Å²) in [6.07, 6.45) is 1.44. The van der Waals surface area contributed by atoms with Gasteiger partial charge in [0.15, 0.2) is 0 Å². The molecule has 1 aliphatic heterocycles. The highest BCUT2D eigenvalue weighted by Crippen LogP contribution is 2.16. The third-order valence-electron chi connectivity index (χ3n) is 2.86. The third-order valence-corrected chi connectivity index (χ3v) is 3.35. The van der Waals surface area contributed by atoms with Crippen molar-refractivity contribution < 1.29 is 9.53 Å². The molecule has 0 spiro atoms. The van der Waals surface area contributed by atoms with E-state index >= 15 is 0 Å². The highest BCUT2D eigenvalue weighted by Gasteiger charge is 2.20. The monoisotopic (exact) mass is 335 g/mol. The summed E-state index contributed by atoms with van der Waals surface area (Å²) in [6.45, 7) is 2.08. The third kappa shape index (κ3) is 3.83. The number of amides is 1. The van der Waals surface area contributed by atoms with Crippen LogP contribution in [0.2, 0.25) is 0 Å².